The van der Waals surface area contributed by atoms with Crippen LogP contribution in [0.15, 0.2) is 59.5 Å². The lowest BCUT2D eigenvalue weighted by Gasteiger charge is -2.19. The Balaban J connectivity index is 2.13. The van der Waals surface area contributed by atoms with E-state index in [0.29, 0.717) is 12.2 Å². The van der Waals surface area contributed by atoms with Crippen LogP contribution in [-0.4, -0.2) is 15.1 Å². The zero-order valence-corrected chi connectivity index (χ0v) is 11.8. The Hall–Kier alpha value is -1.65. The lowest BCUT2D eigenvalue weighted by molar-refractivity contribution is 0.462. The second kappa shape index (κ2) is 6.50. The van der Waals surface area contributed by atoms with E-state index in [1.54, 1.807) is 12.1 Å². The monoisotopic (exact) mass is 274 g/mol. The summed E-state index contributed by atoms with van der Waals surface area (Å²) in [5.41, 5.74) is 7.49. The van der Waals surface area contributed by atoms with Crippen LogP contribution in [0.2, 0.25) is 0 Å². The Kier molecular flexibility index (Phi) is 4.71. The van der Waals surface area contributed by atoms with Crippen LogP contribution in [0.25, 0.3) is 0 Å². The first-order valence-electron chi connectivity index (χ1n) is 6.27. The highest BCUT2D eigenvalue weighted by Gasteiger charge is 2.13. The highest BCUT2D eigenvalue weighted by molar-refractivity contribution is 7.82. The molecule has 1 unspecified atom stereocenters. The molecule has 2 rings (SSSR count). The highest BCUT2D eigenvalue weighted by Crippen LogP contribution is 2.15. The molecule has 19 heavy (non-hydrogen) atoms. The zero-order valence-electron chi connectivity index (χ0n) is 11.0. The van der Waals surface area contributed by atoms with Crippen molar-refractivity contribution >= 4 is 16.7 Å². The summed E-state index contributed by atoms with van der Waals surface area (Å²) < 4.78 is 14.4. The van der Waals surface area contributed by atoms with Gasteiger partial charge in [-0.3, -0.25) is 0 Å². The molecule has 1 atom stereocenters. The highest BCUT2D eigenvalue weighted by atomic mass is 32.2. The number of nitrogens with two attached hydrogens (primary N) is 1. The fourth-order valence-corrected chi connectivity index (χ4v) is 2.98. The molecule has 0 amide bonds. The Morgan fingerprint density at radius 1 is 1.05 bits per heavy atom. The van der Waals surface area contributed by atoms with Gasteiger partial charge in [0.15, 0.2) is 0 Å². The van der Waals surface area contributed by atoms with Gasteiger partial charge in [0.1, 0.15) is 11.0 Å². The van der Waals surface area contributed by atoms with E-state index in [9.17, 15) is 4.21 Å². The molecule has 2 N–H and O–H groups in total. The molecule has 0 heterocycles. The third-order valence-corrected chi connectivity index (χ3v) is 4.40. The Morgan fingerprint density at radius 2 is 1.68 bits per heavy atom. The summed E-state index contributed by atoms with van der Waals surface area (Å²) in [4.78, 5) is 0.784. The Labute approximate surface area is 116 Å². The van der Waals surface area contributed by atoms with E-state index in [1.807, 2.05) is 53.7 Å². The lowest BCUT2D eigenvalue weighted by atomic mass is 10.2. The summed E-state index contributed by atoms with van der Waals surface area (Å²) in [6.45, 7) is 3.42. The SMILES string of the molecule is CCN(Cc1ccccc1)S(=O)c1ccc(N)cc1. The fraction of sp³-hybridized carbons (Fsp3) is 0.200. The van der Waals surface area contributed by atoms with Crippen molar-refractivity contribution in [1.82, 2.24) is 4.31 Å². The molecular weight excluding hydrogens is 256 g/mol. The second-order valence-electron chi connectivity index (χ2n) is 4.26. The maximum absolute atomic E-state index is 12.5. The quantitative estimate of drug-likeness (QED) is 0.852. The minimum atomic E-state index is -1.15. The van der Waals surface area contributed by atoms with Crippen molar-refractivity contribution in [2.45, 2.75) is 18.4 Å². The summed E-state index contributed by atoms with van der Waals surface area (Å²) in [7, 11) is -1.15. The van der Waals surface area contributed by atoms with E-state index in [0.717, 1.165) is 17.0 Å². The van der Waals surface area contributed by atoms with Gasteiger partial charge < -0.3 is 5.73 Å². The number of anilines is 1. The van der Waals surface area contributed by atoms with Gasteiger partial charge in [-0.2, -0.15) is 0 Å². The van der Waals surface area contributed by atoms with Gasteiger partial charge in [0.25, 0.3) is 0 Å². The Morgan fingerprint density at radius 3 is 2.26 bits per heavy atom. The molecule has 0 fully saturated rings. The molecule has 2 aromatic carbocycles. The first kappa shape index (κ1) is 13.8. The van der Waals surface area contributed by atoms with E-state index < -0.39 is 11.0 Å². The maximum atomic E-state index is 12.5. The van der Waals surface area contributed by atoms with Gasteiger partial charge in [-0.05, 0) is 29.8 Å². The van der Waals surface area contributed by atoms with Crippen LogP contribution in [0.5, 0.6) is 0 Å². The molecule has 0 radical (unpaired) electrons. The fourth-order valence-electron chi connectivity index (χ4n) is 1.81. The number of rotatable bonds is 5. The van der Waals surface area contributed by atoms with Crippen molar-refractivity contribution in [2.24, 2.45) is 0 Å². The molecule has 0 aromatic heterocycles. The summed E-state index contributed by atoms with van der Waals surface area (Å²) >= 11 is 0. The molecule has 100 valence electrons. The van der Waals surface area contributed by atoms with E-state index >= 15 is 0 Å². The van der Waals surface area contributed by atoms with E-state index in [-0.39, 0.29) is 0 Å². The number of hydrogen-bond donors (Lipinski definition) is 1. The molecule has 4 heteroatoms. The van der Waals surface area contributed by atoms with E-state index in [1.165, 1.54) is 0 Å². The molecule has 0 bridgehead atoms. The smallest absolute Gasteiger partial charge is 0.127 e. The minimum absolute atomic E-state index is 0.675. The third-order valence-electron chi connectivity index (χ3n) is 2.87. The molecule has 2 aromatic rings. The topological polar surface area (TPSA) is 46.3 Å². The predicted octanol–water partition coefficient (Wildman–Crippen LogP) is 2.81. The molecule has 0 aliphatic rings. The van der Waals surface area contributed by atoms with Crippen LogP contribution in [0.4, 0.5) is 5.69 Å². The van der Waals surface area contributed by atoms with Crippen molar-refractivity contribution in [3.05, 3.63) is 60.2 Å². The average molecular weight is 274 g/mol. The van der Waals surface area contributed by atoms with Crippen molar-refractivity contribution in [1.29, 1.82) is 0 Å². The molecule has 0 aliphatic carbocycles. The largest absolute Gasteiger partial charge is 0.399 e. The van der Waals surface area contributed by atoms with E-state index in [4.69, 9.17) is 5.73 Å². The molecule has 0 aliphatic heterocycles. The van der Waals surface area contributed by atoms with Gasteiger partial charge in [0.05, 0.1) is 4.90 Å². The average Bonchev–Trinajstić information content (AvgIpc) is 2.46. The summed E-state index contributed by atoms with van der Waals surface area (Å²) in [5, 5.41) is 0. The normalized spacial score (nSPS) is 12.5. The molecule has 0 saturated heterocycles. The Bertz CT molecular complexity index is 540. The van der Waals surface area contributed by atoms with Gasteiger partial charge in [-0.15, -0.1) is 0 Å². The first-order valence-corrected chi connectivity index (χ1v) is 7.37. The van der Waals surface area contributed by atoms with Gasteiger partial charge in [0.2, 0.25) is 0 Å². The van der Waals surface area contributed by atoms with Crippen molar-refractivity contribution < 1.29 is 4.21 Å². The van der Waals surface area contributed by atoms with Crippen molar-refractivity contribution in [3.63, 3.8) is 0 Å². The van der Waals surface area contributed by atoms with E-state index in [2.05, 4.69) is 0 Å². The maximum Gasteiger partial charge on any atom is 0.127 e. The van der Waals surface area contributed by atoms with Crippen LogP contribution < -0.4 is 5.73 Å². The van der Waals surface area contributed by atoms with Gasteiger partial charge in [-0.1, -0.05) is 37.3 Å². The van der Waals surface area contributed by atoms with Crippen molar-refractivity contribution in [2.75, 3.05) is 12.3 Å². The van der Waals surface area contributed by atoms with Gasteiger partial charge in [-0.25, -0.2) is 8.51 Å². The van der Waals surface area contributed by atoms with Gasteiger partial charge >= 0.3 is 0 Å². The van der Waals surface area contributed by atoms with Crippen molar-refractivity contribution in [3.8, 4) is 0 Å². The van der Waals surface area contributed by atoms with Crippen LogP contribution in [0.3, 0.4) is 0 Å². The molecule has 3 nitrogen and oxygen atoms in total. The van der Waals surface area contributed by atoms with Crippen LogP contribution >= 0.6 is 0 Å². The summed E-state index contributed by atoms with van der Waals surface area (Å²) in [6, 6.07) is 17.3. The predicted molar refractivity (Wildman–Crippen MR) is 79.8 cm³/mol. The number of benzene rings is 2. The van der Waals surface area contributed by atoms with Crippen LogP contribution in [0.1, 0.15) is 12.5 Å². The molecular formula is C15H18N2OS. The van der Waals surface area contributed by atoms with Gasteiger partial charge in [0, 0.05) is 18.8 Å². The minimum Gasteiger partial charge on any atom is -0.399 e. The first-order chi connectivity index (χ1) is 9.20. The van der Waals surface area contributed by atoms with Crippen LogP contribution in [-0.2, 0) is 17.5 Å². The summed E-state index contributed by atoms with van der Waals surface area (Å²) in [5.74, 6) is 0. The third kappa shape index (κ3) is 3.66. The zero-order chi connectivity index (χ0) is 13.7. The molecule has 0 saturated carbocycles. The number of nitrogens with zero attached hydrogens (tertiary/aromatic N) is 1. The summed E-state index contributed by atoms with van der Waals surface area (Å²) in [6.07, 6.45) is 0. The number of nitrogen functional groups attached to an aromatic ring is 1. The standard InChI is InChI=1S/C15H18N2OS/c1-2-17(12-13-6-4-3-5-7-13)19(18)15-10-8-14(16)9-11-15/h3-11H,2,12,16H2,1H3. The second-order valence-corrected chi connectivity index (χ2v) is 5.75. The van der Waals surface area contributed by atoms with Crippen LogP contribution in [0, 0.1) is 0 Å². The number of hydrogen-bond acceptors (Lipinski definition) is 2. The molecule has 0 spiro atoms. The lowest BCUT2D eigenvalue weighted by Crippen LogP contribution is -2.25.